The Balaban J connectivity index is 0.000000261. The van der Waals surface area contributed by atoms with Gasteiger partial charge in [0.2, 0.25) is 6.29 Å². The van der Waals surface area contributed by atoms with E-state index in [4.69, 9.17) is 20.3 Å². The van der Waals surface area contributed by atoms with Crippen LogP contribution in [0.4, 0.5) is 4.79 Å². The third-order valence-corrected chi connectivity index (χ3v) is 0.775. The Morgan fingerprint density at radius 1 is 1.42 bits per heavy atom. The molecule has 3 N–H and O–H groups in total. The minimum absolute atomic E-state index is 0.625. The summed E-state index contributed by atoms with van der Waals surface area (Å²) >= 11 is 0. The highest BCUT2D eigenvalue weighted by Gasteiger charge is 2.02. The molecule has 1 unspecified atom stereocenters. The predicted octanol–water partition coefficient (Wildman–Crippen LogP) is 1.12. The van der Waals surface area contributed by atoms with E-state index in [2.05, 4.69) is 9.62 Å². The number of allylic oxidation sites excluding steroid dienone is 2. The summed E-state index contributed by atoms with van der Waals surface area (Å²) in [7, 11) is 0. The van der Waals surface area contributed by atoms with Crippen LogP contribution in [0.15, 0.2) is 24.5 Å². The van der Waals surface area contributed by atoms with Crippen LogP contribution < -0.4 is 0 Å². The molecule has 6 nitrogen and oxygen atoms in total. The molecule has 0 bridgehead atoms. The molecule has 0 amide bonds. The van der Waals surface area contributed by atoms with Crippen molar-refractivity contribution in [3.05, 3.63) is 24.5 Å². The quantitative estimate of drug-likeness (QED) is 0.409. The van der Waals surface area contributed by atoms with E-state index in [0.29, 0.717) is 0 Å². The lowest BCUT2D eigenvalue weighted by atomic mass is 10.4. The summed E-state index contributed by atoms with van der Waals surface area (Å²) in [5, 5.41) is 21.9. The fraction of sp³-hybridized carbons (Fsp3) is 0.167. The Hall–Kier alpha value is -1.53. The third kappa shape index (κ3) is 6.59. The Labute approximate surface area is 67.9 Å². The minimum Gasteiger partial charge on any atom is -0.466 e. The molecule has 0 saturated heterocycles. The van der Waals surface area contributed by atoms with Gasteiger partial charge in [-0.3, -0.25) is 0 Å². The lowest BCUT2D eigenvalue weighted by Crippen LogP contribution is -2.09. The molecule has 1 rings (SSSR count). The van der Waals surface area contributed by atoms with E-state index >= 15 is 0 Å². The van der Waals surface area contributed by atoms with Gasteiger partial charge in [-0.2, -0.15) is 4.89 Å². The van der Waals surface area contributed by atoms with Gasteiger partial charge in [0.15, 0.2) is 0 Å². The number of carboxylic acid groups (broad SMARTS) is 2. The van der Waals surface area contributed by atoms with Crippen LogP contribution >= 0.6 is 0 Å². The average Bonchev–Trinajstić information content (AvgIpc) is 2.05. The first-order chi connectivity index (χ1) is 5.66. The molecule has 1 aliphatic heterocycles. The summed E-state index contributed by atoms with van der Waals surface area (Å²) in [6.07, 6.45) is 4.00. The summed E-state index contributed by atoms with van der Waals surface area (Å²) in [6.45, 7) is 0. The van der Waals surface area contributed by atoms with Crippen molar-refractivity contribution in [1.82, 2.24) is 0 Å². The Kier molecular flexibility index (Phi) is 5.41. The maximum absolute atomic E-state index is 8.56. The Bertz CT molecular complexity index is 180. The Morgan fingerprint density at radius 3 is 2.25 bits per heavy atom. The van der Waals surface area contributed by atoms with Crippen LogP contribution in [0.1, 0.15) is 0 Å². The molecule has 0 radical (unpaired) electrons. The van der Waals surface area contributed by atoms with Crippen molar-refractivity contribution < 1.29 is 29.9 Å². The zero-order chi connectivity index (χ0) is 9.40. The normalized spacial score (nSPS) is 18.9. The molecule has 1 heterocycles. The molecule has 6 heteroatoms. The molecular formula is C6H8O6. The molecule has 0 fully saturated rings. The second kappa shape index (κ2) is 6.20. The lowest BCUT2D eigenvalue weighted by Gasteiger charge is -2.09. The number of ether oxygens (including phenoxy) is 1. The summed E-state index contributed by atoms with van der Waals surface area (Å²) in [6, 6.07) is 0. The van der Waals surface area contributed by atoms with Crippen LogP contribution in [-0.2, 0) is 9.62 Å². The van der Waals surface area contributed by atoms with Gasteiger partial charge in [0.25, 0.3) is 0 Å². The Morgan fingerprint density at radius 2 is 2.00 bits per heavy atom. The van der Waals surface area contributed by atoms with Crippen molar-refractivity contribution in [2.24, 2.45) is 0 Å². The summed E-state index contributed by atoms with van der Waals surface area (Å²) in [4.78, 5) is 12.4. The van der Waals surface area contributed by atoms with Gasteiger partial charge in [-0.25, -0.2) is 10.1 Å². The minimum atomic E-state index is -1.83. The van der Waals surface area contributed by atoms with E-state index in [1.54, 1.807) is 18.2 Å². The van der Waals surface area contributed by atoms with E-state index in [0.717, 1.165) is 0 Å². The topological polar surface area (TPSA) is 96.2 Å². The number of rotatable bonds is 1. The summed E-state index contributed by atoms with van der Waals surface area (Å²) < 4.78 is 4.69. The standard InChI is InChI=1S/C5H6O3.CH2O3/c6-8-5-3-1-2-4-7-5;2-1(3)4/h1-6H;(H2,2,3,4). The van der Waals surface area contributed by atoms with Gasteiger partial charge in [0.05, 0.1) is 6.26 Å². The monoisotopic (exact) mass is 176 g/mol. The highest BCUT2D eigenvalue weighted by Crippen LogP contribution is 2.00. The highest BCUT2D eigenvalue weighted by atomic mass is 17.1. The van der Waals surface area contributed by atoms with Gasteiger partial charge in [0, 0.05) is 0 Å². The van der Waals surface area contributed by atoms with Crippen molar-refractivity contribution in [1.29, 1.82) is 0 Å². The van der Waals surface area contributed by atoms with Gasteiger partial charge in [0.1, 0.15) is 0 Å². The molecular weight excluding hydrogens is 168 g/mol. The summed E-state index contributed by atoms with van der Waals surface area (Å²) in [5.74, 6) is 0. The molecule has 68 valence electrons. The first-order valence-electron chi connectivity index (χ1n) is 2.87. The van der Waals surface area contributed by atoms with Gasteiger partial charge in [-0.15, -0.1) is 0 Å². The predicted molar refractivity (Wildman–Crippen MR) is 37.5 cm³/mol. The second-order valence-electron chi connectivity index (χ2n) is 1.61. The van der Waals surface area contributed by atoms with Gasteiger partial charge < -0.3 is 14.9 Å². The zero-order valence-electron chi connectivity index (χ0n) is 5.95. The zero-order valence-corrected chi connectivity index (χ0v) is 5.95. The van der Waals surface area contributed by atoms with Crippen LogP contribution in [0, 0.1) is 0 Å². The fourth-order valence-electron chi connectivity index (χ4n) is 0.428. The van der Waals surface area contributed by atoms with Gasteiger partial charge in [-0.05, 0) is 12.2 Å². The van der Waals surface area contributed by atoms with Crippen molar-refractivity contribution in [3.8, 4) is 0 Å². The van der Waals surface area contributed by atoms with Crippen LogP contribution in [0.2, 0.25) is 0 Å². The van der Waals surface area contributed by atoms with Gasteiger partial charge in [-0.1, -0.05) is 6.08 Å². The molecule has 0 aromatic rings. The van der Waals surface area contributed by atoms with Crippen molar-refractivity contribution in [2.45, 2.75) is 6.29 Å². The highest BCUT2D eigenvalue weighted by molar-refractivity contribution is 5.53. The maximum Gasteiger partial charge on any atom is 0.503 e. The summed E-state index contributed by atoms with van der Waals surface area (Å²) in [5.41, 5.74) is 0. The molecule has 0 aromatic carbocycles. The van der Waals surface area contributed by atoms with E-state index in [1.165, 1.54) is 6.26 Å². The molecule has 0 saturated carbocycles. The molecule has 1 aliphatic rings. The first kappa shape index (κ1) is 10.5. The van der Waals surface area contributed by atoms with E-state index < -0.39 is 12.4 Å². The van der Waals surface area contributed by atoms with Crippen LogP contribution in [0.5, 0.6) is 0 Å². The van der Waals surface area contributed by atoms with Gasteiger partial charge >= 0.3 is 6.16 Å². The van der Waals surface area contributed by atoms with Crippen LogP contribution in [0.25, 0.3) is 0 Å². The number of hydrogen-bond donors (Lipinski definition) is 3. The molecule has 0 aliphatic carbocycles. The van der Waals surface area contributed by atoms with E-state index in [9.17, 15) is 0 Å². The van der Waals surface area contributed by atoms with Crippen molar-refractivity contribution in [3.63, 3.8) is 0 Å². The largest absolute Gasteiger partial charge is 0.503 e. The fourth-order valence-corrected chi connectivity index (χ4v) is 0.428. The van der Waals surface area contributed by atoms with Crippen molar-refractivity contribution >= 4 is 6.16 Å². The SMILES string of the molecule is O=C(O)O.OOC1C=CC=CO1. The number of hydrogen-bond acceptors (Lipinski definition) is 4. The van der Waals surface area contributed by atoms with Crippen LogP contribution in [-0.4, -0.2) is 27.9 Å². The smallest absolute Gasteiger partial charge is 0.466 e. The van der Waals surface area contributed by atoms with Crippen molar-refractivity contribution in [2.75, 3.05) is 0 Å². The van der Waals surface area contributed by atoms with E-state index in [-0.39, 0.29) is 0 Å². The van der Waals surface area contributed by atoms with Crippen LogP contribution in [0.3, 0.4) is 0 Å². The van der Waals surface area contributed by atoms with E-state index in [1.807, 2.05) is 0 Å². The third-order valence-electron chi connectivity index (χ3n) is 0.775. The number of carbonyl (C=O) groups is 1. The average molecular weight is 176 g/mol. The maximum atomic E-state index is 8.56. The first-order valence-corrected chi connectivity index (χ1v) is 2.87. The molecule has 0 spiro atoms. The molecule has 12 heavy (non-hydrogen) atoms. The molecule has 0 aromatic heterocycles. The second-order valence-corrected chi connectivity index (χ2v) is 1.61. The lowest BCUT2D eigenvalue weighted by molar-refractivity contribution is -0.318. The molecule has 1 atom stereocenters.